The number of imidazole rings is 1. The fraction of sp³-hybridized carbons (Fsp3) is 0.200. The average molecular weight is 256 g/mol. The predicted molar refractivity (Wildman–Crippen MR) is 56.6 cm³/mol. The maximum Gasteiger partial charge on any atom is 0.434 e. The van der Waals surface area contributed by atoms with Crippen molar-refractivity contribution in [3.63, 3.8) is 0 Å². The Labute approximate surface area is 98.4 Å². The lowest BCUT2D eigenvalue weighted by atomic mass is 10.1. The Morgan fingerprint density at radius 1 is 1.33 bits per heavy atom. The molecule has 2 heterocycles. The lowest BCUT2D eigenvalue weighted by Crippen LogP contribution is -2.59. The number of nitrogens with one attached hydrogen (secondary N) is 1. The first-order valence-electron chi connectivity index (χ1n) is 5.01. The van der Waals surface area contributed by atoms with Gasteiger partial charge in [-0.25, -0.2) is 4.98 Å². The molecule has 8 heteroatoms. The molecule has 1 unspecified atom stereocenters. The molecule has 0 fully saturated rings. The van der Waals surface area contributed by atoms with Crippen molar-refractivity contribution >= 4 is 22.9 Å². The topological polar surface area (TPSA) is 72.9 Å². The van der Waals surface area contributed by atoms with E-state index in [1.165, 1.54) is 6.07 Å². The second kappa shape index (κ2) is 3.02. The van der Waals surface area contributed by atoms with Crippen molar-refractivity contribution in [2.24, 2.45) is 5.73 Å². The van der Waals surface area contributed by atoms with Gasteiger partial charge < -0.3 is 0 Å². The van der Waals surface area contributed by atoms with Gasteiger partial charge in [0.15, 0.2) is 0 Å². The minimum absolute atomic E-state index is 0.158. The van der Waals surface area contributed by atoms with Gasteiger partial charge in [-0.05, 0) is 12.1 Å². The van der Waals surface area contributed by atoms with Crippen LogP contribution in [0.4, 0.5) is 19.1 Å². The smallest absolute Gasteiger partial charge is 0.292 e. The fourth-order valence-corrected chi connectivity index (χ4v) is 2.02. The van der Waals surface area contributed by atoms with Gasteiger partial charge in [-0.2, -0.15) is 13.2 Å². The predicted octanol–water partition coefficient (Wildman–Crippen LogP) is 1.16. The Morgan fingerprint density at radius 3 is 2.67 bits per heavy atom. The number of anilines is 1. The number of alkyl halides is 3. The number of fused-ring (bicyclic) bond motifs is 3. The highest BCUT2D eigenvalue weighted by Crippen LogP contribution is 2.41. The molecule has 0 bridgehead atoms. The van der Waals surface area contributed by atoms with Crippen molar-refractivity contribution in [3.8, 4) is 0 Å². The number of aromatic nitrogens is 2. The van der Waals surface area contributed by atoms with Crippen LogP contribution < -0.4 is 11.1 Å². The van der Waals surface area contributed by atoms with Crippen LogP contribution in [0.1, 0.15) is 0 Å². The van der Waals surface area contributed by atoms with Crippen molar-refractivity contribution in [2.75, 3.05) is 5.32 Å². The molecule has 3 rings (SSSR count). The van der Waals surface area contributed by atoms with Crippen LogP contribution in [-0.2, 0) is 10.5 Å². The van der Waals surface area contributed by atoms with Gasteiger partial charge in [0, 0.05) is 0 Å². The molecular formula is C10H7F3N4O. The van der Waals surface area contributed by atoms with Crippen molar-refractivity contribution in [2.45, 2.75) is 11.8 Å². The number of nitrogens with zero attached hydrogens (tertiary/aromatic N) is 2. The third kappa shape index (κ3) is 1.10. The lowest BCUT2D eigenvalue weighted by Gasteiger charge is -2.26. The van der Waals surface area contributed by atoms with Crippen LogP contribution in [0, 0.1) is 0 Å². The van der Waals surface area contributed by atoms with E-state index in [9.17, 15) is 18.0 Å². The number of hydrogen-bond acceptors (Lipinski definition) is 3. The van der Waals surface area contributed by atoms with Crippen molar-refractivity contribution in [1.29, 1.82) is 0 Å². The summed E-state index contributed by atoms with van der Waals surface area (Å²) in [5.74, 6) is -1.52. The standard InChI is InChI=1S/C10H7F3N4O/c11-10(12,13)9(14)7(18)16-8-15-5-3-1-2-4-6(5)17(8)9/h1-4H,14H2,(H,15,16,18). The van der Waals surface area contributed by atoms with Gasteiger partial charge in [0.2, 0.25) is 5.95 Å². The largest absolute Gasteiger partial charge is 0.434 e. The molecule has 1 aromatic carbocycles. The summed E-state index contributed by atoms with van der Waals surface area (Å²) in [6.45, 7) is 0. The van der Waals surface area contributed by atoms with E-state index in [0.29, 0.717) is 10.1 Å². The van der Waals surface area contributed by atoms with Crippen LogP contribution in [0.3, 0.4) is 0 Å². The monoisotopic (exact) mass is 256 g/mol. The van der Waals surface area contributed by atoms with Gasteiger partial charge in [-0.3, -0.25) is 20.4 Å². The Balaban J connectivity index is 2.38. The molecule has 0 saturated heterocycles. The second-order valence-corrected chi connectivity index (χ2v) is 3.98. The summed E-state index contributed by atoms with van der Waals surface area (Å²) in [5, 5.41) is 2.05. The molecule has 0 radical (unpaired) electrons. The van der Waals surface area contributed by atoms with E-state index < -0.39 is 17.7 Å². The van der Waals surface area contributed by atoms with Crippen LogP contribution in [0.25, 0.3) is 11.0 Å². The van der Waals surface area contributed by atoms with Crippen molar-refractivity contribution < 1.29 is 18.0 Å². The summed E-state index contributed by atoms with van der Waals surface area (Å²) < 4.78 is 39.8. The van der Waals surface area contributed by atoms with E-state index in [2.05, 4.69) is 10.3 Å². The molecule has 1 atom stereocenters. The van der Waals surface area contributed by atoms with Crippen LogP contribution >= 0.6 is 0 Å². The quantitative estimate of drug-likeness (QED) is 0.743. The zero-order valence-electron chi connectivity index (χ0n) is 8.82. The molecule has 1 aromatic heterocycles. The molecule has 2 aromatic rings. The summed E-state index contributed by atoms with van der Waals surface area (Å²) in [4.78, 5) is 15.4. The van der Waals surface area contributed by atoms with E-state index in [1.807, 2.05) is 0 Å². The van der Waals surface area contributed by atoms with Crippen LogP contribution in [-0.4, -0.2) is 21.6 Å². The number of hydrogen-bond donors (Lipinski definition) is 2. The number of para-hydroxylation sites is 2. The molecule has 1 aliphatic heterocycles. The third-order valence-electron chi connectivity index (χ3n) is 2.92. The maximum absolute atomic E-state index is 13.0. The highest BCUT2D eigenvalue weighted by molar-refractivity contribution is 6.03. The summed E-state index contributed by atoms with van der Waals surface area (Å²) in [7, 11) is 0. The van der Waals surface area contributed by atoms with Crippen molar-refractivity contribution in [1.82, 2.24) is 9.55 Å². The Kier molecular flexibility index (Phi) is 1.85. The van der Waals surface area contributed by atoms with E-state index in [1.54, 1.807) is 18.2 Å². The number of nitrogens with two attached hydrogens (primary N) is 1. The number of benzene rings is 1. The summed E-state index contributed by atoms with van der Waals surface area (Å²) >= 11 is 0. The summed E-state index contributed by atoms with van der Waals surface area (Å²) in [6.07, 6.45) is -4.91. The highest BCUT2D eigenvalue weighted by atomic mass is 19.4. The Hall–Kier alpha value is -2.09. The molecule has 5 nitrogen and oxygen atoms in total. The zero-order chi connectivity index (χ0) is 13.1. The van der Waals surface area contributed by atoms with Gasteiger partial charge in [0.05, 0.1) is 11.0 Å². The molecular weight excluding hydrogens is 249 g/mol. The average Bonchev–Trinajstić information content (AvgIpc) is 2.74. The molecule has 18 heavy (non-hydrogen) atoms. The van der Waals surface area contributed by atoms with E-state index in [4.69, 9.17) is 5.73 Å². The summed E-state index contributed by atoms with van der Waals surface area (Å²) in [5.41, 5.74) is 2.67. The molecule has 0 saturated carbocycles. The maximum atomic E-state index is 13.0. The van der Waals surface area contributed by atoms with Crippen molar-refractivity contribution in [3.05, 3.63) is 24.3 Å². The first-order valence-corrected chi connectivity index (χ1v) is 5.01. The molecule has 0 spiro atoms. The van der Waals surface area contributed by atoms with Crippen LogP contribution in [0.2, 0.25) is 0 Å². The SMILES string of the molecule is NC1(C(F)(F)F)C(=O)Nc2nc3ccccc3n21. The minimum atomic E-state index is -4.91. The van der Waals surface area contributed by atoms with Gasteiger partial charge in [-0.1, -0.05) is 12.1 Å². The number of rotatable bonds is 0. The molecule has 1 aliphatic rings. The number of halogens is 3. The molecule has 3 N–H and O–H groups in total. The minimum Gasteiger partial charge on any atom is -0.292 e. The van der Waals surface area contributed by atoms with E-state index in [-0.39, 0.29) is 11.5 Å². The molecule has 1 amide bonds. The molecule has 94 valence electrons. The summed E-state index contributed by atoms with van der Waals surface area (Å²) in [6, 6.07) is 6.17. The second-order valence-electron chi connectivity index (χ2n) is 3.98. The molecule has 0 aliphatic carbocycles. The number of amides is 1. The first kappa shape index (κ1) is 11.0. The van der Waals surface area contributed by atoms with Crippen LogP contribution in [0.15, 0.2) is 24.3 Å². The van der Waals surface area contributed by atoms with Gasteiger partial charge in [0.25, 0.3) is 11.6 Å². The normalized spacial score (nSPS) is 23.2. The van der Waals surface area contributed by atoms with E-state index in [0.717, 1.165) is 0 Å². The number of carbonyl (C=O) groups excluding carboxylic acids is 1. The van der Waals surface area contributed by atoms with Crippen LogP contribution in [0.5, 0.6) is 0 Å². The fourth-order valence-electron chi connectivity index (χ4n) is 2.02. The lowest BCUT2D eigenvalue weighted by molar-refractivity contribution is -0.206. The van der Waals surface area contributed by atoms with Gasteiger partial charge in [-0.15, -0.1) is 0 Å². The van der Waals surface area contributed by atoms with Gasteiger partial charge in [0.1, 0.15) is 0 Å². The first-order chi connectivity index (χ1) is 8.35. The highest BCUT2D eigenvalue weighted by Gasteiger charge is 2.64. The van der Waals surface area contributed by atoms with E-state index >= 15 is 0 Å². The zero-order valence-corrected chi connectivity index (χ0v) is 8.82. The van der Waals surface area contributed by atoms with Gasteiger partial charge >= 0.3 is 6.18 Å². The third-order valence-corrected chi connectivity index (χ3v) is 2.92. The Bertz CT molecular complexity index is 663. The number of carbonyl (C=O) groups is 1. The Morgan fingerprint density at radius 2 is 2.00 bits per heavy atom.